The second-order valence-electron chi connectivity index (χ2n) is 6.34. The van der Waals surface area contributed by atoms with Crippen LogP contribution in [0.5, 0.6) is 0 Å². The van der Waals surface area contributed by atoms with Gasteiger partial charge in [-0.3, -0.25) is 4.79 Å². The van der Waals surface area contributed by atoms with Crippen molar-refractivity contribution < 1.29 is 31.1 Å². The van der Waals surface area contributed by atoms with E-state index in [2.05, 4.69) is 5.32 Å². The molecule has 1 heterocycles. The predicted molar refractivity (Wildman–Crippen MR) is 83.6 cm³/mol. The van der Waals surface area contributed by atoms with Gasteiger partial charge in [0.1, 0.15) is 0 Å². The standard InChI is InChI=1S/C17H20F6N2O/c1-2-24-10-11-3-5-25(6-4-11)15(26)12-7-13(16(18,19)20)9-14(8-12)17(21,22)23/h7-9,11,24H,2-6,10H2,1H3. The number of halogens is 6. The summed E-state index contributed by atoms with van der Waals surface area (Å²) in [6.07, 6.45) is -8.61. The Kier molecular flexibility index (Phi) is 6.21. The minimum absolute atomic E-state index is 0.0272. The summed E-state index contributed by atoms with van der Waals surface area (Å²) in [5.74, 6) is -0.463. The molecule has 146 valence electrons. The number of amides is 1. The van der Waals surface area contributed by atoms with Crippen molar-refractivity contribution in [1.82, 2.24) is 10.2 Å². The Labute approximate surface area is 147 Å². The molecule has 1 fully saturated rings. The molecule has 0 aromatic heterocycles. The third-order valence-corrected chi connectivity index (χ3v) is 4.42. The van der Waals surface area contributed by atoms with Crippen LogP contribution in [-0.2, 0) is 12.4 Å². The summed E-state index contributed by atoms with van der Waals surface area (Å²) < 4.78 is 77.5. The van der Waals surface area contributed by atoms with Gasteiger partial charge in [-0.05, 0) is 50.0 Å². The van der Waals surface area contributed by atoms with E-state index in [1.165, 1.54) is 4.90 Å². The van der Waals surface area contributed by atoms with Crippen molar-refractivity contribution in [3.63, 3.8) is 0 Å². The van der Waals surface area contributed by atoms with Crippen molar-refractivity contribution in [3.8, 4) is 0 Å². The summed E-state index contributed by atoms with van der Waals surface area (Å²) in [6, 6.07) is 1.00. The Morgan fingerprint density at radius 3 is 1.96 bits per heavy atom. The van der Waals surface area contributed by atoms with Crippen molar-refractivity contribution in [2.45, 2.75) is 32.1 Å². The number of carbonyl (C=O) groups excluding carboxylic acids is 1. The molecule has 1 aliphatic rings. The first-order valence-electron chi connectivity index (χ1n) is 8.32. The number of nitrogens with zero attached hydrogens (tertiary/aromatic N) is 1. The lowest BCUT2D eigenvalue weighted by molar-refractivity contribution is -0.143. The van der Waals surface area contributed by atoms with Crippen molar-refractivity contribution in [1.29, 1.82) is 0 Å². The van der Waals surface area contributed by atoms with Gasteiger partial charge in [-0.2, -0.15) is 26.3 Å². The van der Waals surface area contributed by atoms with Gasteiger partial charge in [-0.25, -0.2) is 0 Å². The fraction of sp³-hybridized carbons (Fsp3) is 0.588. The molecule has 0 bridgehead atoms. The third-order valence-electron chi connectivity index (χ3n) is 4.42. The number of carbonyl (C=O) groups is 1. The van der Waals surface area contributed by atoms with Crippen LogP contribution >= 0.6 is 0 Å². The third kappa shape index (κ3) is 5.12. The molecule has 1 saturated heterocycles. The predicted octanol–water partition coefficient (Wildman–Crippen LogP) is 4.19. The normalized spacial score (nSPS) is 16.8. The summed E-state index contributed by atoms with van der Waals surface area (Å²) in [5.41, 5.74) is -3.53. The molecule has 1 aromatic rings. The highest BCUT2D eigenvalue weighted by Crippen LogP contribution is 2.36. The van der Waals surface area contributed by atoms with Crippen LogP contribution in [0.25, 0.3) is 0 Å². The Morgan fingerprint density at radius 1 is 1.04 bits per heavy atom. The zero-order valence-electron chi connectivity index (χ0n) is 14.2. The lowest BCUT2D eigenvalue weighted by Crippen LogP contribution is -2.41. The summed E-state index contributed by atoms with van der Waals surface area (Å²) >= 11 is 0. The van der Waals surface area contributed by atoms with Crippen LogP contribution in [0.15, 0.2) is 18.2 Å². The van der Waals surface area contributed by atoms with Crippen LogP contribution < -0.4 is 5.32 Å². The number of hydrogen-bond donors (Lipinski definition) is 1. The van der Waals surface area contributed by atoms with Gasteiger partial charge in [0.05, 0.1) is 11.1 Å². The van der Waals surface area contributed by atoms with E-state index in [1.54, 1.807) is 0 Å². The molecule has 2 rings (SSSR count). The maximum absolute atomic E-state index is 12.9. The van der Waals surface area contributed by atoms with Crippen LogP contribution in [0.1, 0.15) is 41.3 Å². The minimum atomic E-state index is -4.96. The highest BCUT2D eigenvalue weighted by atomic mass is 19.4. The SMILES string of the molecule is CCNCC1CCN(C(=O)c2cc(C(F)(F)F)cc(C(F)(F)F)c2)CC1. The summed E-state index contributed by atoms with van der Waals surface area (Å²) in [5, 5.41) is 3.19. The second-order valence-corrected chi connectivity index (χ2v) is 6.34. The van der Waals surface area contributed by atoms with Gasteiger partial charge < -0.3 is 10.2 Å². The van der Waals surface area contributed by atoms with Gasteiger partial charge in [0.2, 0.25) is 0 Å². The van der Waals surface area contributed by atoms with E-state index < -0.39 is 35.0 Å². The number of benzene rings is 1. The molecule has 1 aliphatic heterocycles. The number of likely N-dealkylation sites (tertiary alicyclic amines) is 1. The van der Waals surface area contributed by atoms with Crippen molar-refractivity contribution in [2.75, 3.05) is 26.2 Å². The lowest BCUT2D eigenvalue weighted by Gasteiger charge is -2.32. The zero-order valence-corrected chi connectivity index (χ0v) is 14.2. The molecule has 0 aliphatic carbocycles. The van der Waals surface area contributed by atoms with Gasteiger partial charge in [0.25, 0.3) is 5.91 Å². The fourth-order valence-corrected chi connectivity index (χ4v) is 2.95. The first-order valence-corrected chi connectivity index (χ1v) is 8.32. The average molecular weight is 382 g/mol. The van der Waals surface area contributed by atoms with Crippen LogP contribution in [-0.4, -0.2) is 37.0 Å². The smallest absolute Gasteiger partial charge is 0.339 e. The van der Waals surface area contributed by atoms with E-state index in [0.717, 1.165) is 13.1 Å². The number of nitrogens with one attached hydrogen (secondary N) is 1. The molecule has 3 nitrogen and oxygen atoms in total. The molecule has 0 saturated carbocycles. The maximum Gasteiger partial charge on any atom is 0.416 e. The van der Waals surface area contributed by atoms with E-state index >= 15 is 0 Å². The topological polar surface area (TPSA) is 32.3 Å². The Bertz CT molecular complexity index is 601. The zero-order chi connectivity index (χ0) is 19.5. The first-order chi connectivity index (χ1) is 12.0. The molecule has 0 atom stereocenters. The van der Waals surface area contributed by atoms with Crippen molar-refractivity contribution >= 4 is 5.91 Å². The van der Waals surface area contributed by atoms with Gasteiger partial charge >= 0.3 is 12.4 Å². The van der Waals surface area contributed by atoms with E-state index in [-0.39, 0.29) is 6.07 Å². The number of rotatable bonds is 4. The quantitative estimate of drug-likeness (QED) is 0.793. The summed E-state index contributed by atoms with van der Waals surface area (Å²) in [6.45, 7) is 4.17. The maximum atomic E-state index is 12.9. The Morgan fingerprint density at radius 2 is 1.54 bits per heavy atom. The Hall–Kier alpha value is -1.77. The van der Waals surface area contributed by atoms with Crippen LogP contribution in [0.3, 0.4) is 0 Å². The lowest BCUT2D eigenvalue weighted by atomic mass is 9.95. The van der Waals surface area contributed by atoms with Crippen LogP contribution in [0, 0.1) is 5.92 Å². The van der Waals surface area contributed by atoms with Gasteiger partial charge in [0, 0.05) is 18.7 Å². The van der Waals surface area contributed by atoms with Crippen LogP contribution in [0.4, 0.5) is 26.3 Å². The van der Waals surface area contributed by atoms with E-state index in [4.69, 9.17) is 0 Å². The minimum Gasteiger partial charge on any atom is -0.339 e. The number of alkyl halides is 6. The summed E-state index contributed by atoms with van der Waals surface area (Å²) in [4.78, 5) is 13.8. The van der Waals surface area contributed by atoms with Crippen LogP contribution in [0.2, 0.25) is 0 Å². The van der Waals surface area contributed by atoms with E-state index in [9.17, 15) is 31.1 Å². The first kappa shape index (κ1) is 20.5. The van der Waals surface area contributed by atoms with Gasteiger partial charge in [0.15, 0.2) is 0 Å². The molecule has 0 unspecified atom stereocenters. The van der Waals surface area contributed by atoms with Crippen molar-refractivity contribution in [3.05, 3.63) is 34.9 Å². The summed E-state index contributed by atoms with van der Waals surface area (Å²) in [7, 11) is 0. The molecule has 1 amide bonds. The molecule has 26 heavy (non-hydrogen) atoms. The average Bonchev–Trinajstić information content (AvgIpc) is 2.58. The second kappa shape index (κ2) is 7.85. The fourth-order valence-electron chi connectivity index (χ4n) is 2.95. The number of piperidine rings is 1. The molecule has 0 spiro atoms. The molecule has 1 N–H and O–H groups in total. The van der Waals surface area contributed by atoms with E-state index in [0.29, 0.717) is 44.0 Å². The van der Waals surface area contributed by atoms with Gasteiger partial charge in [-0.1, -0.05) is 6.92 Å². The van der Waals surface area contributed by atoms with Gasteiger partial charge in [-0.15, -0.1) is 0 Å². The molecule has 9 heteroatoms. The molecular weight excluding hydrogens is 362 g/mol. The highest BCUT2D eigenvalue weighted by molar-refractivity contribution is 5.94. The van der Waals surface area contributed by atoms with Crippen molar-refractivity contribution in [2.24, 2.45) is 5.92 Å². The van der Waals surface area contributed by atoms with E-state index in [1.807, 2.05) is 6.92 Å². The Balaban J connectivity index is 2.21. The number of hydrogen-bond acceptors (Lipinski definition) is 2. The highest BCUT2D eigenvalue weighted by Gasteiger charge is 2.38. The largest absolute Gasteiger partial charge is 0.416 e. The molecule has 0 radical (unpaired) electrons. The molecular formula is C17H20F6N2O. The monoisotopic (exact) mass is 382 g/mol. The molecule has 1 aromatic carbocycles.